The van der Waals surface area contributed by atoms with Crippen LogP contribution < -0.4 is 4.74 Å². The number of ether oxygens (including phenoxy) is 2. The fourth-order valence-corrected chi connectivity index (χ4v) is 6.02. The lowest BCUT2D eigenvalue weighted by Crippen LogP contribution is -2.55. The highest BCUT2D eigenvalue weighted by Gasteiger charge is 2.38. The summed E-state index contributed by atoms with van der Waals surface area (Å²) in [4.78, 5) is 5.19. The Bertz CT molecular complexity index is 894. The molecule has 0 bridgehead atoms. The minimum Gasteiger partial charge on any atom is -0.494 e. The lowest BCUT2D eigenvalue weighted by molar-refractivity contribution is -0.0342. The summed E-state index contributed by atoms with van der Waals surface area (Å²) in [6.45, 7) is 9.89. The Hall–Kier alpha value is -1.92. The quantitative estimate of drug-likeness (QED) is 0.422. The van der Waals surface area contributed by atoms with E-state index in [1.165, 1.54) is 31.2 Å². The minimum absolute atomic E-state index is 0.0292. The van der Waals surface area contributed by atoms with Crippen LogP contribution in [-0.2, 0) is 10.3 Å². The second kappa shape index (κ2) is 13.0. The van der Waals surface area contributed by atoms with Crippen LogP contribution in [0.4, 0.5) is 0 Å². The van der Waals surface area contributed by atoms with Crippen LogP contribution in [0.1, 0.15) is 69.4 Å². The Labute approximate surface area is 218 Å². The second-order valence-corrected chi connectivity index (χ2v) is 10.8. The molecule has 1 saturated heterocycles. The van der Waals surface area contributed by atoms with E-state index in [9.17, 15) is 5.11 Å². The largest absolute Gasteiger partial charge is 0.494 e. The molecule has 5 nitrogen and oxygen atoms in total. The molecule has 0 amide bonds. The third-order valence-electron chi connectivity index (χ3n) is 8.37. The number of methoxy groups -OCH3 is 1. The summed E-state index contributed by atoms with van der Waals surface area (Å²) >= 11 is 0. The predicted octanol–water partition coefficient (Wildman–Crippen LogP) is 5.43. The van der Waals surface area contributed by atoms with E-state index in [4.69, 9.17) is 9.47 Å². The highest BCUT2D eigenvalue weighted by atomic mass is 16.5. The van der Waals surface area contributed by atoms with Gasteiger partial charge >= 0.3 is 0 Å². The van der Waals surface area contributed by atoms with Crippen molar-refractivity contribution in [3.05, 3.63) is 65.7 Å². The number of hydrogen-bond acceptors (Lipinski definition) is 5. The van der Waals surface area contributed by atoms with Crippen LogP contribution in [0.2, 0.25) is 0 Å². The van der Waals surface area contributed by atoms with E-state index >= 15 is 0 Å². The predicted molar refractivity (Wildman–Crippen MR) is 147 cm³/mol. The Kier molecular flexibility index (Phi) is 9.83. The average Bonchev–Trinajstić information content (AvgIpc) is 2.93. The van der Waals surface area contributed by atoms with Gasteiger partial charge in [0.2, 0.25) is 0 Å². The SMILES string of the molecule is CCCCOc1ccc([C@](C)(O)[C@H](CN2CCN([C@@H]3CCCC[C@@H]3OC)CC2)c2ccccc2)cc1. The number of piperazine rings is 1. The fourth-order valence-electron chi connectivity index (χ4n) is 6.02. The van der Waals surface area contributed by atoms with Gasteiger partial charge in [0.15, 0.2) is 0 Å². The fraction of sp³-hybridized carbons (Fsp3) is 0.613. The van der Waals surface area contributed by atoms with Crippen LogP contribution in [0.5, 0.6) is 5.75 Å². The summed E-state index contributed by atoms with van der Waals surface area (Å²) in [5.74, 6) is 0.839. The molecule has 2 aliphatic rings. The van der Waals surface area contributed by atoms with Crippen molar-refractivity contribution in [2.24, 2.45) is 0 Å². The van der Waals surface area contributed by atoms with E-state index in [1.54, 1.807) is 0 Å². The lowest BCUT2D eigenvalue weighted by atomic mass is 9.78. The number of nitrogens with zero attached hydrogens (tertiary/aromatic N) is 2. The third kappa shape index (κ3) is 6.69. The molecule has 1 heterocycles. The normalized spacial score (nSPS) is 24.2. The lowest BCUT2D eigenvalue weighted by Gasteiger charge is -2.45. The minimum atomic E-state index is -0.995. The Morgan fingerprint density at radius 2 is 1.67 bits per heavy atom. The number of benzene rings is 2. The van der Waals surface area contributed by atoms with E-state index in [2.05, 4.69) is 41.0 Å². The maximum atomic E-state index is 12.0. The highest BCUT2D eigenvalue weighted by Crippen LogP contribution is 2.38. The second-order valence-electron chi connectivity index (χ2n) is 10.8. The van der Waals surface area contributed by atoms with Crippen molar-refractivity contribution in [1.29, 1.82) is 0 Å². The van der Waals surface area contributed by atoms with Gasteiger partial charge in [-0.3, -0.25) is 4.90 Å². The molecule has 5 heteroatoms. The van der Waals surface area contributed by atoms with E-state index in [1.807, 2.05) is 44.4 Å². The number of aliphatic hydroxyl groups is 1. The number of hydrogen-bond donors (Lipinski definition) is 1. The molecule has 2 fully saturated rings. The molecule has 0 aromatic heterocycles. The molecule has 1 aliphatic carbocycles. The van der Waals surface area contributed by atoms with Crippen LogP contribution in [0, 0.1) is 0 Å². The van der Waals surface area contributed by atoms with Gasteiger partial charge in [0.25, 0.3) is 0 Å². The molecular formula is C31H46N2O3. The molecule has 0 unspecified atom stereocenters. The third-order valence-corrected chi connectivity index (χ3v) is 8.37. The zero-order chi connectivity index (χ0) is 25.4. The Balaban J connectivity index is 1.44. The zero-order valence-electron chi connectivity index (χ0n) is 22.6. The molecular weight excluding hydrogens is 448 g/mol. The molecule has 1 saturated carbocycles. The molecule has 198 valence electrons. The summed E-state index contributed by atoms with van der Waals surface area (Å²) in [7, 11) is 1.87. The van der Waals surface area contributed by atoms with Crippen LogP contribution in [-0.4, -0.2) is 73.5 Å². The molecule has 0 radical (unpaired) electrons. The molecule has 0 spiro atoms. The van der Waals surface area contributed by atoms with Crippen molar-refractivity contribution >= 4 is 0 Å². The van der Waals surface area contributed by atoms with Gasteiger partial charge < -0.3 is 19.5 Å². The van der Waals surface area contributed by atoms with E-state index in [0.717, 1.165) is 63.5 Å². The molecule has 1 N–H and O–H groups in total. The first-order valence-corrected chi connectivity index (χ1v) is 14.0. The van der Waals surface area contributed by atoms with Crippen LogP contribution in [0.25, 0.3) is 0 Å². The summed E-state index contributed by atoms with van der Waals surface area (Å²) in [6, 6.07) is 19.1. The van der Waals surface area contributed by atoms with E-state index in [-0.39, 0.29) is 5.92 Å². The van der Waals surface area contributed by atoms with E-state index < -0.39 is 5.60 Å². The van der Waals surface area contributed by atoms with Gasteiger partial charge in [-0.25, -0.2) is 0 Å². The zero-order valence-corrected chi connectivity index (χ0v) is 22.6. The van der Waals surface area contributed by atoms with Crippen molar-refractivity contribution in [2.45, 2.75) is 76.0 Å². The van der Waals surface area contributed by atoms with E-state index in [0.29, 0.717) is 12.1 Å². The summed E-state index contributed by atoms with van der Waals surface area (Å²) in [5.41, 5.74) is 1.12. The summed E-state index contributed by atoms with van der Waals surface area (Å²) in [5, 5.41) is 12.0. The molecule has 2 aromatic rings. The monoisotopic (exact) mass is 494 g/mol. The van der Waals surface area contributed by atoms with Gasteiger partial charge in [-0.2, -0.15) is 0 Å². The average molecular weight is 495 g/mol. The van der Waals surface area contributed by atoms with Crippen molar-refractivity contribution in [1.82, 2.24) is 9.80 Å². The van der Waals surface area contributed by atoms with Crippen molar-refractivity contribution in [2.75, 3.05) is 46.4 Å². The first-order chi connectivity index (χ1) is 17.5. The maximum absolute atomic E-state index is 12.0. The Morgan fingerprint density at radius 3 is 2.33 bits per heavy atom. The molecule has 2 aromatic carbocycles. The van der Waals surface area contributed by atoms with Gasteiger partial charge in [-0.15, -0.1) is 0 Å². The van der Waals surface area contributed by atoms with Gasteiger partial charge in [0.05, 0.1) is 18.3 Å². The van der Waals surface area contributed by atoms with Crippen LogP contribution in [0.15, 0.2) is 54.6 Å². The van der Waals surface area contributed by atoms with Crippen molar-refractivity contribution in [3.63, 3.8) is 0 Å². The maximum Gasteiger partial charge on any atom is 0.119 e. The Morgan fingerprint density at radius 1 is 0.972 bits per heavy atom. The van der Waals surface area contributed by atoms with Gasteiger partial charge in [0.1, 0.15) is 5.75 Å². The van der Waals surface area contributed by atoms with Crippen molar-refractivity contribution < 1.29 is 14.6 Å². The topological polar surface area (TPSA) is 45.2 Å². The molecule has 4 atom stereocenters. The molecule has 4 rings (SSSR count). The number of rotatable bonds is 11. The first kappa shape index (κ1) is 27.1. The van der Waals surface area contributed by atoms with Crippen LogP contribution >= 0.6 is 0 Å². The molecule has 1 aliphatic heterocycles. The van der Waals surface area contributed by atoms with Gasteiger partial charge in [0, 0.05) is 51.8 Å². The summed E-state index contributed by atoms with van der Waals surface area (Å²) < 4.78 is 11.7. The smallest absolute Gasteiger partial charge is 0.119 e. The number of unbranched alkanes of at least 4 members (excludes halogenated alkanes) is 1. The van der Waals surface area contributed by atoms with Gasteiger partial charge in [-0.1, -0.05) is 68.7 Å². The van der Waals surface area contributed by atoms with Gasteiger partial charge in [-0.05, 0) is 49.4 Å². The molecule has 36 heavy (non-hydrogen) atoms. The highest BCUT2D eigenvalue weighted by molar-refractivity contribution is 5.35. The van der Waals surface area contributed by atoms with Crippen LogP contribution in [0.3, 0.4) is 0 Å². The standard InChI is InChI=1S/C31H46N2O3/c1-4-5-23-36-27-17-15-26(16-18-27)31(2,34)28(25-11-7-6-8-12-25)24-32-19-21-33(22-20-32)29-13-9-10-14-30(29)35-3/h6-8,11-12,15-18,28-30,34H,4-5,9-10,13-14,19-24H2,1-3H3/t28-,29-,30+,31+/m1/s1. The first-order valence-electron chi connectivity index (χ1n) is 14.0. The summed E-state index contributed by atoms with van der Waals surface area (Å²) in [6.07, 6.45) is 7.57. The van der Waals surface area contributed by atoms with Crippen molar-refractivity contribution in [3.8, 4) is 5.75 Å².